The number of esters is 1. The molecule has 450 valence electrons. The van der Waals surface area contributed by atoms with Gasteiger partial charge >= 0.3 is 5.97 Å². The number of unbranched alkanes of at least 4 members (excludes halogenated alkanes) is 52. The molecule has 76 heavy (non-hydrogen) atoms. The smallest absolute Gasteiger partial charge is 0.305 e. The van der Waals surface area contributed by atoms with Gasteiger partial charge in [0.05, 0.1) is 25.4 Å². The first-order valence-corrected chi connectivity index (χ1v) is 34.6. The minimum Gasteiger partial charge on any atom is -0.466 e. The number of carbonyl (C=O) groups is 2. The van der Waals surface area contributed by atoms with E-state index in [1.807, 2.05) is 6.08 Å². The molecular formula is C70H135NO5. The van der Waals surface area contributed by atoms with E-state index in [-0.39, 0.29) is 18.5 Å². The predicted octanol–water partition coefficient (Wildman–Crippen LogP) is 22.1. The molecule has 6 nitrogen and oxygen atoms in total. The number of aliphatic hydroxyl groups is 2. The third-order valence-corrected chi connectivity index (χ3v) is 16.2. The maximum Gasteiger partial charge on any atom is 0.305 e. The summed E-state index contributed by atoms with van der Waals surface area (Å²) in [5.74, 6) is -0.0496. The summed E-state index contributed by atoms with van der Waals surface area (Å²) in [6.07, 6.45) is 82.8. The van der Waals surface area contributed by atoms with Gasteiger partial charge in [-0.05, 0) is 51.4 Å². The van der Waals surface area contributed by atoms with E-state index in [0.29, 0.717) is 19.4 Å². The van der Waals surface area contributed by atoms with Crippen LogP contribution in [0.5, 0.6) is 0 Å². The van der Waals surface area contributed by atoms with E-state index >= 15 is 0 Å². The van der Waals surface area contributed by atoms with E-state index in [0.717, 1.165) is 44.9 Å². The van der Waals surface area contributed by atoms with Crippen LogP contribution in [0.4, 0.5) is 0 Å². The Balaban J connectivity index is 3.29. The van der Waals surface area contributed by atoms with Crippen molar-refractivity contribution in [2.45, 2.75) is 398 Å². The van der Waals surface area contributed by atoms with Gasteiger partial charge < -0.3 is 20.3 Å². The first-order chi connectivity index (χ1) is 37.5. The molecule has 0 fully saturated rings. The zero-order chi connectivity index (χ0) is 55.0. The molecule has 0 heterocycles. The Morgan fingerprint density at radius 2 is 0.632 bits per heavy atom. The standard InChI is InChI=1S/C70H135NO5/c1-3-5-7-9-11-13-42-46-50-54-58-62-68(73)67(66-72)71-69(74)63-59-55-51-47-44-40-38-36-34-32-30-28-26-24-22-20-18-16-15-17-19-21-23-25-27-29-31-33-35-37-39-41-45-49-53-57-61-65-76-70(75)64-60-56-52-48-43-14-12-10-8-6-4-2/h10,12,58,62,67-68,72-73H,3-9,11,13-57,59-61,63-66H2,1-2H3,(H,71,74)/b12-10-,62-58+. The van der Waals surface area contributed by atoms with Crippen LogP contribution in [0.1, 0.15) is 386 Å². The van der Waals surface area contributed by atoms with Crippen molar-refractivity contribution in [2.24, 2.45) is 0 Å². The van der Waals surface area contributed by atoms with Crippen molar-refractivity contribution in [3.63, 3.8) is 0 Å². The lowest BCUT2D eigenvalue weighted by Gasteiger charge is -2.20. The molecule has 0 aliphatic rings. The molecular weight excluding hydrogens is 935 g/mol. The molecule has 3 N–H and O–H groups in total. The maximum absolute atomic E-state index is 12.4. The third-order valence-electron chi connectivity index (χ3n) is 16.2. The van der Waals surface area contributed by atoms with Gasteiger partial charge in [-0.25, -0.2) is 0 Å². The number of allylic oxidation sites excluding steroid dienone is 3. The molecule has 0 saturated heterocycles. The molecule has 0 aromatic carbocycles. The van der Waals surface area contributed by atoms with Gasteiger partial charge in [-0.15, -0.1) is 0 Å². The monoisotopic (exact) mass is 1070 g/mol. The van der Waals surface area contributed by atoms with Gasteiger partial charge in [0.25, 0.3) is 0 Å². The Labute approximate surface area is 475 Å². The lowest BCUT2D eigenvalue weighted by atomic mass is 10.0. The highest BCUT2D eigenvalue weighted by molar-refractivity contribution is 5.76. The molecule has 0 saturated carbocycles. The zero-order valence-corrected chi connectivity index (χ0v) is 51.5. The summed E-state index contributed by atoms with van der Waals surface area (Å²) in [4.78, 5) is 24.4. The Morgan fingerprint density at radius 3 is 0.974 bits per heavy atom. The molecule has 2 atom stereocenters. The van der Waals surface area contributed by atoms with E-state index in [2.05, 4.69) is 31.3 Å². The van der Waals surface area contributed by atoms with Crippen LogP contribution in [0.3, 0.4) is 0 Å². The number of carbonyl (C=O) groups excluding carboxylic acids is 2. The molecule has 0 rings (SSSR count). The van der Waals surface area contributed by atoms with Crippen molar-refractivity contribution >= 4 is 11.9 Å². The van der Waals surface area contributed by atoms with Crippen LogP contribution >= 0.6 is 0 Å². The number of nitrogens with one attached hydrogen (secondary N) is 1. The molecule has 1 amide bonds. The number of hydrogen-bond acceptors (Lipinski definition) is 5. The molecule has 6 heteroatoms. The Kier molecular flexibility index (Phi) is 64.4. The maximum atomic E-state index is 12.4. The average Bonchev–Trinajstić information content (AvgIpc) is 3.42. The van der Waals surface area contributed by atoms with Gasteiger partial charge in [0.15, 0.2) is 0 Å². The Bertz CT molecular complexity index is 1190. The number of amides is 1. The van der Waals surface area contributed by atoms with Crippen molar-refractivity contribution in [1.29, 1.82) is 0 Å². The van der Waals surface area contributed by atoms with Crippen LogP contribution in [0.2, 0.25) is 0 Å². The van der Waals surface area contributed by atoms with Crippen molar-refractivity contribution < 1.29 is 24.5 Å². The van der Waals surface area contributed by atoms with Crippen LogP contribution < -0.4 is 5.32 Å². The fraction of sp³-hybridized carbons (Fsp3) is 0.914. The van der Waals surface area contributed by atoms with Crippen molar-refractivity contribution in [3.05, 3.63) is 24.3 Å². The van der Waals surface area contributed by atoms with E-state index in [1.165, 1.54) is 315 Å². The molecule has 0 aliphatic heterocycles. The Hall–Kier alpha value is -1.66. The normalized spacial score (nSPS) is 12.6. The van der Waals surface area contributed by atoms with Gasteiger partial charge in [0.1, 0.15) is 0 Å². The topological polar surface area (TPSA) is 95.9 Å². The SMILES string of the molecule is CCCC/C=C\CCCCCCCC(=O)OCCCCCCCCCCCCCCCCCCCCCCCCCCCCCCCCCCCCCCCC(=O)NC(CO)C(O)/C=C/CCCCCCCCCCC. The van der Waals surface area contributed by atoms with Crippen LogP contribution in [-0.2, 0) is 14.3 Å². The van der Waals surface area contributed by atoms with E-state index in [4.69, 9.17) is 4.74 Å². The molecule has 0 spiro atoms. The summed E-state index contributed by atoms with van der Waals surface area (Å²) in [5, 5.41) is 23.1. The number of aliphatic hydroxyl groups excluding tert-OH is 2. The van der Waals surface area contributed by atoms with Gasteiger partial charge in [0, 0.05) is 12.8 Å². The second kappa shape index (κ2) is 65.9. The average molecular weight is 1070 g/mol. The van der Waals surface area contributed by atoms with Crippen LogP contribution in [0.15, 0.2) is 24.3 Å². The van der Waals surface area contributed by atoms with Crippen LogP contribution in [0.25, 0.3) is 0 Å². The number of ether oxygens (including phenoxy) is 1. The van der Waals surface area contributed by atoms with Crippen molar-refractivity contribution in [2.75, 3.05) is 13.2 Å². The molecule has 0 radical (unpaired) electrons. The summed E-state index contributed by atoms with van der Waals surface area (Å²) in [5.41, 5.74) is 0. The molecule has 0 aliphatic carbocycles. The first kappa shape index (κ1) is 74.3. The van der Waals surface area contributed by atoms with Gasteiger partial charge in [-0.2, -0.15) is 0 Å². The summed E-state index contributed by atoms with van der Waals surface area (Å²) < 4.78 is 5.47. The second-order valence-electron chi connectivity index (χ2n) is 23.9. The van der Waals surface area contributed by atoms with E-state index in [1.54, 1.807) is 6.08 Å². The lowest BCUT2D eigenvalue weighted by Crippen LogP contribution is -2.45. The quantitative estimate of drug-likeness (QED) is 0.0320. The summed E-state index contributed by atoms with van der Waals surface area (Å²) >= 11 is 0. The fourth-order valence-electron chi connectivity index (χ4n) is 10.9. The molecule has 2 unspecified atom stereocenters. The minimum absolute atomic E-state index is 0.0123. The largest absolute Gasteiger partial charge is 0.466 e. The third kappa shape index (κ3) is 61.6. The zero-order valence-electron chi connectivity index (χ0n) is 51.5. The minimum atomic E-state index is -0.838. The van der Waals surface area contributed by atoms with Gasteiger partial charge in [-0.3, -0.25) is 9.59 Å². The van der Waals surface area contributed by atoms with Crippen molar-refractivity contribution in [1.82, 2.24) is 5.32 Å². The molecule has 0 aromatic rings. The van der Waals surface area contributed by atoms with Crippen LogP contribution in [0, 0.1) is 0 Å². The Morgan fingerprint density at radius 1 is 0.355 bits per heavy atom. The molecule has 0 aromatic heterocycles. The highest BCUT2D eigenvalue weighted by Gasteiger charge is 2.18. The number of rotatable bonds is 65. The predicted molar refractivity (Wildman–Crippen MR) is 333 cm³/mol. The lowest BCUT2D eigenvalue weighted by molar-refractivity contribution is -0.143. The highest BCUT2D eigenvalue weighted by atomic mass is 16.5. The van der Waals surface area contributed by atoms with Crippen molar-refractivity contribution in [3.8, 4) is 0 Å². The van der Waals surface area contributed by atoms with Gasteiger partial charge in [0.2, 0.25) is 5.91 Å². The van der Waals surface area contributed by atoms with E-state index < -0.39 is 12.1 Å². The highest BCUT2D eigenvalue weighted by Crippen LogP contribution is 2.19. The summed E-state index contributed by atoms with van der Waals surface area (Å²) in [7, 11) is 0. The summed E-state index contributed by atoms with van der Waals surface area (Å²) in [6.45, 7) is 4.88. The number of hydrogen-bond donors (Lipinski definition) is 3. The van der Waals surface area contributed by atoms with E-state index in [9.17, 15) is 19.8 Å². The second-order valence-corrected chi connectivity index (χ2v) is 23.9. The molecule has 0 bridgehead atoms. The van der Waals surface area contributed by atoms with Gasteiger partial charge in [-0.1, -0.05) is 346 Å². The fourth-order valence-corrected chi connectivity index (χ4v) is 10.9. The first-order valence-electron chi connectivity index (χ1n) is 34.6. The summed E-state index contributed by atoms with van der Waals surface area (Å²) in [6, 6.07) is -0.621. The van der Waals surface area contributed by atoms with Crippen LogP contribution in [-0.4, -0.2) is 47.4 Å².